The minimum absolute atomic E-state index is 0.0636. The van der Waals surface area contributed by atoms with E-state index in [1.54, 1.807) is 14.2 Å². The molecule has 44 heavy (non-hydrogen) atoms. The molecule has 0 saturated heterocycles. The van der Waals surface area contributed by atoms with Crippen molar-refractivity contribution in [3.8, 4) is 22.8 Å². The highest BCUT2D eigenvalue weighted by atomic mass is 32.1. The molecule has 0 bridgehead atoms. The van der Waals surface area contributed by atoms with E-state index in [0.717, 1.165) is 74.5 Å². The highest BCUT2D eigenvalue weighted by Gasteiger charge is 2.34. The fourth-order valence-electron chi connectivity index (χ4n) is 6.69. The third-order valence-electron chi connectivity index (χ3n) is 8.70. The highest BCUT2D eigenvalue weighted by Crippen LogP contribution is 2.43. The minimum atomic E-state index is -0.315. The Morgan fingerprint density at radius 2 is 1.61 bits per heavy atom. The lowest BCUT2D eigenvalue weighted by Crippen LogP contribution is -2.39. The van der Waals surface area contributed by atoms with Crippen molar-refractivity contribution in [2.24, 2.45) is 4.99 Å². The van der Waals surface area contributed by atoms with Gasteiger partial charge in [0.1, 0.15) is 11.5 Å². The molecule has 0 amide bonds. The summed E-state index contributed by atoms with van der Waals surface area (Å²) < 4.78 is 14.0. The lowest BCUT2D eigenvalue weighted by atomic mass is 9.83. The Kier molecular flexibility index (Phi) is 6.34. The smallest absolute Gasteiger partial charge is 0.271 e. The number of para-hydroxylation sites is 2. The van der Waals surface area contributed by atoms with Gasteiger partial charge in [-0.2, -0.15) is 0 Å². The molecule has 3 heterocycles. The van der Waals surface area contributed by atoms with Crippen molar-refractivity contribution in [3.05, 3.63) is 145 Å². The number of aromatic nitrogens is 2. The molecular weight excluding hydrogens is 566 g/mol. The topological polar surface area (TPSA) is 68.6 Å². The summed E-state index contributed by atoms with van der Waals surface area (Å²) in [6, 6.07) is 32.3. The molecule has 7 heteroatoms. The predicted octanol–water partition coefficient (Wildman–Crippen LogP) is 6.48. The highest BCUT2D eigenvalue weighted by molar-refractivity contribution is 7.07. The van der Waals surface area contributed by atoms with E-state index in [2.05, 4.69) is 53.5 Å². The summed E-state index contributed by atoms with van der Waals surface area (Å²) in [5.41, 5.74) is 9.25. The third kappa shape index (κ3) is 4.07. The molecule has 2 aromatic heterocycles. The first-order valence-corrected chi connectivity index (χ1v) is 15.5. The number of ether oxygens (including phenoxy) is 2. The number of nitrogens with zero attached hydrogens (tertiary/aromatic N) is 2. The lowest BCUT2D eigenvalue weighted by Gasteiger charge is -2.31. The predicted molar refractivity (Wildman–Crippen MR) is 176 cm³/mol. The second kappa shape index (κ2) is 10.5. The number of aromatic amines is 1. The molecule has 1 aliphatic heterocycles. The molecule has 2 aliphatic rings. The molecule has 0 radical (unpaired) electrons. The van der Waals surface area contributed by atoms with Gasteiger partial charge in [-0.1, -0.05) is 96.3 Å². The summed E-state index contributed by atoms with van der Waals surface area (Å²) >= 11 is 1.43. The van der Waals surface area contributed by atoms with Crippen LogP contribution in [-0.2, 0) is 6.42 Å². The standard InChI is InChI=1S/C37H29N3O3S/c1-42-29-17-9-8-15-26(29)35-27-20-19-22-11-6-7-14-24(22)33(27)39-37-40(35)36(41)31(44-37)21-28-25-16-10-18-30(43-2)34(25)38-32(28)23-12-4-3-5-13-23/h3-18,21,35,38H,19-20H2,1-2H3/b31-21+/t35-/m1/s1. The van der Waals surface area contributed by atoms with Crippen LogP contribution in [-0.4, -0.2) is 23.8 Å². The number of methoxy groups -OCH3 is 2. The van der Waals surface area contributed by atoms with E-state index in [0.29, 0.717) is 9.33 Å². The molecule has 1 atom stereocenters. The Morgan fingerprint density at radius 1 is 0.864 bits per heavy atom. The van der Waals surface area contributed by atoms with E-state index in [4.69, 9.17) is 14.5 Å². The molecule has 1 N–H and O–H groups in total. The number of hydrogen-bond donors (Lipinski definition) is 1. The Morgan fingerprint density at radius 3 is 2.45 bits per heavy atom. The first kappa shape index (κ1) is 26.5. The SMILES string of the molecule is COc1ccccc1[C@@H]1C2=C(N=c3s/c(=C/c4c(-c5ccccc5)[nH]c5c(OC)cccc45)c(=O)n31)c1ccccc1CC2. The Bertz CT molecular complexity index is 2290. The number of benzene rings is 4. The molecule has 8 rings (SSSR count). The molecule has 0 spiro atoms. The van der Waals surface area contributed by atoms with Gasteiger partial charge < -0.3 is 14.5 Å². The fraction of sp³-hybridized carbons (Fsp3) is 0.135. The first-order chi connectivity index (χ1) is 21.7. The molecule has 1 aliphatic carbocycles. The number of hydrogen-bond acceptors (Lipinski definition) is 5. The van der Waals surface area contributed by atoms with Crippen molar-refractivity contribution in [3.63, 3.8) is 0 Å². The number of rotatable bonds is 5. The van der Waals surface area contributed by atoms with Crippen molar-refractivity contribution >= 4 is 34.0 Å². The fourth-order valence-corrected chi connectivity index (χ4v) is 7.67. The van der Waals surface area contributed by atoms with Gasteiger partial charge >= 0.3 is 0 Å². The van der Waals surface area contributed by atoms with E-state index >= 15 is 0 Å². The molecular formula is C37H29N3O3S. The van der Waals surface area contributed by atoms with Gasteiger partial charge in [0.15, 0.2) is 4.80 Å². The molecule has 0 fully saturated rings. The van der Waals surface area contributed by atoms with E-state index in [-0.39, 0.29) is 11.6 Å². The van der Waals surface area contributed by atoms with Gasteiger partial charge in [-0.05, 0) is 47.8 Å². The van der Waals surface area contributed by atoms with Gasteiger partial charge in [-0.25, -0.2) is 4.99 Å². The van der Waals surface area contributed by atoms with Crippen molar-refractivity contribution in [2.75, 3.05) is 14.2 Å². The van der Waals surface area contributed by atoms with Crippen LogP contribution in [0.4, 0.5) is 0 Å². The van der Waals surface area contributed by atoms with Crippen LogP contribution < -0.4 is 24.4 Å². The van der Waals surface area contributed by atoms with Crippen LogP contribution in [0.2, 0.25) is 0 Å². The monoisotopic (exact) mass is 595 g/mol. The summed E-state index contributed by atoms with van der Waals surface area (Å²) in [6.45, 7) is 0. The van der Waals surface area contributed by atoms with E-state index in [1.165, 1.54) is 16.9 Å². The second-order valence-corrected chi connectivity index (χ2v) is 12.0. The van der Waals surface area contributed by atoms with Crippen molar-refractivity contribution in [1.29, 1.82) is 0 Å². The Labute approximate surface area is 257 Å². The molecule has 4 aromatic carbocycles. The van der Waals surface area contributed by atoms with Crippen molar-refractivity contribution in [1.82, 2.24) is 9.55 Å². The Hall–Kier alpha value is -5.14. The van der Waals surface area contributed by atoms with Crippen LogP contribution in [0.15, 0.2) is 112 Å². The zero-order valence-corrected chi connectivity index (χ0v) is 25.2. The first-order valence-electron chi connectivity index (χ1n) is 14.7. The van der Waals surface area contributed by atoms with Crippen molar-refractivity contribution < 1.29 is 9.47 Å². The van der Waals surface area contributed by atoms with Crippen molar-refractivity contribution in [2.45, 2.75) is 18.9 Å². The van der Waals surface area contributed by atoms with Crippen LogP contribution in [0, 0.1) is 0 Å². The summed E-state index contributed by atoms with van der Waals surface area (Å²) in [6.07, 6.45) is 3.74. The Balaban J connectivity index is 1.42. The van der Waals surface area contributed by atoms with Crippen LogP contribution in [0.1, 0.15) is 34.7 Å². The van der Waals surface area contributed by atoms with Crippen LogP contribution >= 0.6 is 11.3 Å². The number of thiazole rings is 1. The quantitative estimate of drug-likeness (QED) is 0.248. The second-order valence-electron chi connectivity index (χ2n) is 11.0. The number of H-pyrrole nitrogens is 1. The summed E-state index contributed by atoms with van der Waals surface area (Å²) in [7, 11) is 3.36. The van der Waals surface area contributed by atoms with Gasteiger partial charge in [-0.15, -0.1) is 0 Å². The molecule has 6 aromatic rings. The zero-order chi connectivity index (χ0) is 29.8. The largest absolute Gasteiger partial charge is 0.496 e. The maximum Gasteiger partial charge on any atom is 0.271 e. The van der Waals surface area contributed by atoms with E-state index < -0.39 is 0 Å². The molecule has 216 valence electrons. The summed E-state index contributed by atoms with van der Waals surface area (Å²) in [4.78, 5) is 24.0. The maximum atomic E-state index is 14.5. The van der Waals surface area contributed by atoms with Gasteiger partial charge in [0.05, 0.1) is 41.7 Å². The number of nitrogens with one attached hydrogen (secondary N) is 1. The zero-order valence-electron chi connectivity index (χ0n) is 24.3. The molecule has 6 nitrogen and oxygen atoms in total. The van der Waals surface area contributed by atoms with E-state index in [1.807, 2.05) is 59.2 Å². The average molecular weight is 596 g/mol. The molecule has 0 unspecified atom stereocenters. The summed E-state index contributed by atoms with van der Waals surface area (Å²) in [5.74, 6) is 1.51. The normalized spacial score (nSPS) is 15.9. The molecule has 0 saturated carbocycles. The third-order valence-corrected chi connectivity index (χ3v) is 9.68. The number of aryl methyl sites for hydroxylation is 1. The maximum absolute atomic E-state index is 14.5. The average Bonchev–Trinajstić information content (AvgIpc) is 3.61. The number of allylic oxidation sites excluding steroid dienone is 1. The van der Waals surface area contributed by atoms with Gasteiger partial charge in [-0.3, -0.25) is 9.36 Å². The minimum Gasteiger partial charge on any atom is -0.496 e. The van der Waals surface area contributed by atoms with Gasteiger partial charge in [0, 0.05) is 22.1 Å². The summed E-state index contributed by atoms with van der Waals surface area (Å²) in [5, 5.41) is 0.989. The van der Waals surface area contributed by atoms with Gasteiger partial charge in [0.25, 0.3) is 5.56 Å². The van der Waals surface area contributed by atoms with Crippen LogP contribution in [0.3, 0.4) is 0 Å². The van der Waals surface area contributed by atoms with Crippen LogP contribution in [0.25, 0.3) is 33.9 Å². The van der Waals surface area contributed by atoms with Gasteiger partial charge in [0.2, 0.25) is 0 Å². The number of fused-ring (bicyclic) bond motifs is 4. The van der Waals surface area contributed by atoms with E-state index in [9.17, 15) is 4.79 Å². The van der Waals surface area contributed by atoms with Crippen LogP contribution in [0.5, 0.6) is 11.5 Å². The lowest BCUT2D eigenvalue weighted by molar-refractivity contribution is 0.402.